The van der Waals surface area contributed by atoms with Crippen LogP contribution >= 0.6 is 11.6 Å². The van der Waals surface area contributed by atoms with Gasteiger partial charge < -0.3 is 10.3 Å². The van der Waals surface area contributed by atoms with Crippen molar-refractivity contribution in [3.63, 3.8) is 0 Å². The Kier molecular flexibility index (Phi) is 3.48. The lowest BCUT2D eigenvalue weighted by Crippen LogP contribution is -2.20. The van der Waals surface area contributed by atoms with Crippen LogP contribution in [0.2, 0.25) is 5.02 Å². The lowest BCUT2D eigenvalue weighted by Gasteiger charge is -2.07. The van der Waals surface area contributed by atoms with Gasteiger partial charge >= 0.3 is 0 Å². The maximum Gasteiger partial charge on any atom is 0.285 e. The monoisotopic (exact) mass is 280 g/mol. The topological polar surface area (TPSA) is 104 Å². The summed E-state index contributed by atoms with van der Waals surface area (Å²) in [6.45, 7) is 0.0182. The van der Waals surface area contributed by atoms with Gasteiger partial charge in [-0.05, 0) is 12.1 Å². The minimum Gasteiger partial charge on any atom is -0.384 e. The van der Waals surface area contributed by atoms with Gasteiger partial charge in [-0.1, -0.05) is 11.6 Å². The van der Waals surface area contributed by atoms with Crippen molar-refractivity contribution in [1.29, 1.82) is 0 Å². The number of aromatic nitrogens is 2. The summed E-state index contributed by atoms with van der Waals surface area (Å²) in [6, 6.07) is 5.36. The number of nitrogens with zero attached hydrogens (tertiary/aromatic N) is 3. The zero-order valence-corrected chi connectivity index (χ0v) is 10.4. The van der Waals surface area contributed by atoms with E-state index < -0.39 is 4.92 Å². The molecule has 0 unspecified atom stereocenters. The number of nitrogens with two attached hydrogens (primary N) is 1. The third-order valence-electron chi connectivity index (χ3n) is 2.44. The van der Waals surface area contributed by atoms with Gasteiger partial charge in [0.15, 0.2) is 0 Å². The highest BCUT2D eigenvalue weighted by atomic mass is 35.5. The predicted octanol–water partition coefficient (Wildman–Crippen LogP) is 1.44. The molecular weight excluding hydrogens is 272 g/mol. The van der Waals surface area contributed by atoms with Crippen LogP contribution in [0.1, 0.15) is 5.69 Å². The third-order valence-corrected chi connectivity index (χ3v) is 2.78. The highest BCUT2D eigenvalue weighted by molar-refractivity contribution is 6.31. The average Bonchev–Trinajstić information content (AvgIpc) is 2.36. The van der Waals surface area contributed by atoms with Gasteiger partial charge in [0, 0.05) is 12.1 Å². The summed E-state index contributed by atoms with van der Waals surface area (Å²) in [5.74, 6) is 0.262. The lowest BCUT2D eigenvalue weighted by molar-refractivity contribution is -0.385. The van der Waals surface area contributed by atoms with Crippen LogP contribution in [-0.2, 0) is 6.54 Å². The average molecular weight is 281 g/mol. The van der Waals surface area contributed by atoms with E-state index >= 15 is 0 Å². The molecule has 7 nitrogen and oxygen atoms in total. The number of nitrogen functional groups attached to an aromatic ring is 1. The Balaban J connectivity index is 2.43. The van der Waals surface area contributed by atoms with E-state index in [1.807, 2.05) is 0 Å². The molecule has 2 aromatic rings. The van der Waals surface area contributed by atoms with E-state index in [-0.39, 0.29) is 23.6 Å². The first-order valence-electron chi connectivity index (χ1n) is 5.23. The van der Waals surface area contributed by atoms with Gasteiger partial charge in [0.1, 0.15) is 5.82 Å². The number of hydrogen-bond acceptors (Lipinski definition) is 5. The number of hydrogen-bond donors (Lipinski definition) is 1. The van der Waals surface area contributed by atoms with Crippen LogP contribution in [0, 0.1) is 10.1 Å². The van der Waals surface area contributed by atoms with E-state index in [2.05, 4.69) is 4.98 Å². The van der Waals surface area contributed by atoms with Gasteiger partial charge in [-0.25, -0.2) is 4.98 Å². The Labute approximate surface area is 112 Å². The van der Waals surface area contributed by atoms with Gasteiger partial charge in [0.25, 0.3) is 11.2 Å². The summed E-state index contributed by atoms with van der Waals surface area (Å²) in [5.41, 5.74) is 5.35. The first-order valence-corrected chi connectivity index (χ1v) is 5.61. The second-order valence-electron chi connectivity index (χ2n) is 3.78. The zero-order chi connectivity index (χ0) is 14.0. The fraction of sp³-hybridized carbons (Fsp3) is 0.0909. The third kappa shape index (κ3) is 2.89. The summed E-state index contributed by atoms with van der Waals surface area (Å²) in [7, 11) is 0. The molecule has 0 aliphatic rings. The van der Waals surface area contributed by atoms with Crippen LogP contribution in [0.5, 0.6) is 0 Å². The molecule has 0 aliphatic heterocycles. The van der Waals surface area contributed by atoms with Crippen molar-refractivity contribution < 1.29 is 4.92 Å². The molecule has 0 aromatic carbocycles. The number of pyridine rings is 2. The SMILES string of the molecule is Nc1ccc(Cl)c(Cn2cc([N+](=O)[O-])ccc2=O)n1. The summed E-state index contributed by atoms with van der Waals surface area (Å²) in [6.07, 6.45) is 1.14. The molecule has 0 atom stereocenters. The van der Waals surface area contributed by atoms with E-state index in [4.69, 9.17) is 17.3 Å². The van der Waals surface area contributed by atoms with Crippen LogP contribution in [0.15, 0.2) is 35.3 Å². The van der Waals surface area contributed by atoms with E-state index in [9.17, 15) is 14.9 Å². The molecule has 19 heavy (non-hydrogen) atoms. The largest absolute Gasteiger partial charge is 0.384 e. The summed E-state index contributed by atoms with van der Waals surface area (Å²) in [5, 5.41) is 11.0. The Morgan fingerprint density at radius 1 is 1.37 bits per heavy atom. The van der Waals surface area contributed by atoms with Gasteiger partial charge in [-0.2, -0.15) is 0 Å². The molecule has 0 saturated carbocycles. The molecule has 0 aliphatic carbocycles. The minimum absolute atomic E-state index is 0.0182. The second kappa shape index (κ2) is 5.07. The lowest BCUT2D eigenvalue weighted by atomic mass is 10.3. The van der Waals surface area contributed by atoms with Crippen molar-refractivity contribution in [3.05, 3.63) is 61.6 Å². The van der Waals surface area contributed by atoms with Crippen molar-refractivity contribution in [3.8, 4) is 0 Å². The molecule has 0 saturated heterocycles. The fourth-order valence-corrected chi connectivity index (χ4v) is 1.69. The van der Waals surface area contributed by atoms with Crippen molar-refractivity contribution in [2.75, 3.05) is 5.73 Å². The highest BCUT2D eigenvalue weighted by Crippen LogP contribution is 2.16. The summed E-state index contributed by atoms with van der Waals surface area (Å²) >= 11 is 5.93. The Bertz CT molecular complexity index is 699. The predicted molar refractivity (Wildman–Crippen MR) is 70.1 cm³/mol. The van der Waals surface area contributed by atoms with E-state index in [1.165, 1.54) is 6.07 Å². The number of halogens is 1. The van der Waals surface area contributed by atoms with Crippen molar-refractivity contribution in [1.82, 2.24) is 9.55 Å². The quantitative estimate of drug-likeness (QED) is 0.676. The Morgan fingerprint density at radius 3 is 2.79 bits per heavy atom. The van der Waals surface area contributed by atoms with Crippen LogP contribution in [-0.4, -0.2) is 14.5 Å². The van der Waals surface area contributed by atoms with Gasteiger partial charge in [-0.15, -0.1) is 0 Å². The minimum atomic E-state index is -0.579. The summed E-state index contributed by atoms with van der Waals surface area (Å²) in [4.78, 5) is 25.7. The van der Waals surface area contributed by atoms with Gasteiger partial charge in [0.05, 0.1) is 28.4 Å². The fourth-order valence-electron chi connectivity index (χ4n) is 1.52. The van der Waals surface area contributed by atoms with E-state index in [0.29, 0.717) is 10.7 Å². The molecule has 0 amide bonds. The van der Waals surface area contributed by atoms with Gasteiger partial charge in [0.2, 0.25) is 0 Å². The molecule has 98 valence electrons. The molecule has 2 aromatic heterocycles. The molecule has 0 bridgehead atoms. The summed E-state index contributed by atoms with van der Waals surface area (Å²) < 4.78 is 1.16. The molecule has 8 heteroatoms. The zero-order valence-electron chi connectivity index (χ0n) is 9.62. The molecule has 0 fully saturated rings. The first kappa shape index (κ1) is 13.0. The smallest absolute Gasteiger partial charge is 0.285 e. The maximum absolute atomic E-state index is 11.6. The van der Waals surface area contributed by atoms with Crippen molar-refractivity contribution in [2.45, 2.75) is 6.54 Å². The van der Waals surface area contributed by atoms with Crippen molar-refractivity contribution >= 4 is 23.1 Å². The van der Waals surface area contributed by atoms with Crippen molar-refractivity contribution in [2.24, 2.45) is 0 Å². The van der Waals surface area contributed by atoms with Crippen LogP contribution in [0.25, 0.3) is 0 Å². The first-order chi connectivity index (χ1) is 8.97. The maximum atomic E-state index is 11.6. The molecule has 2 heterocycles. The number of anilines is 1. The van der Waals surface area contributed by atoms with Gasteiger partial charge in [-0.3, -0.25) is 14.9 Å². The highest BCUT2D eigenvalue weighted by Gasteiger charge is 2.10. The normalized spacial score (nSPS) is 10.4. The number of rotatable bonds is 3. The van der Waals surface area contributed by atoms with E-state index in [1.54, 1.807) is 6.07 Å². The van der Waals surface area contributed by atoms with Crippen LogP contribution in [0.4, 0.5) is 11.5 Å². The molecule has 2 rings (SSSR count). The molecular formula is C11H9ClN4O3. The van der Waals surface area contributed by atoms with Crippen LogP contribution in [0.3, 0.4) is 0 Å². The Morgan fingerprint density at radius 2 is 2.11 bits per heavy atom. The molecule has 2 N–H and O–H groups in total. The number of nitro groups is 1. The standard InChI is InChI=1S/C11H9ClN4O3/c12-8-2-3-10(13)14-9(8)6-15-5-7(16(18)19)1-4-11(15)17/h1-5H,6H2,(H2,13,14). The van der Waals surface area contributed by atoms with E-state index in [0.717, 1.165) is 22.9 Å². The Hall–Kier alpha value is -2.41. The molecule has 0 radical (unpaired) electrons. The second-order valence-corrected chi connectivity index (χ2v) is 4.18. The van der Waals surface area contributed by atoms with Crippen LogP contribution < -0.4 is 11.3 Å². The molecule has 0 spiro atoms.